The van der Waals surface area contributed by atoms with Crippen LogP contribution in [0.2, 0.25) is 5.02 Å². The van der Waals surface area contributed by atoms with E-state index in [0.717, 1.165) is 22.7 Å². The SMILES string of the molecule is CCCCNC(=O)[C@@H](Cc1ccccc1)N(Cc1ccccc1F)C(=O)CN(C)S(=O)(=O)c1ccc(Cl)cc1. The first-order valence-electron chi connectivity index (χ1n) is 12.7. The van der Waals surface area contributed by atoms with E-state index in [2.05, 4.69) is 5.32 Å². The van der Waals surface area contributed by atoms with Gasteiger partial charge in [0.2, 0.25) is 21.8 Å². The summed E-state index contributed by atoms with van der Waals surface area (Å²) in [5.41, 5.74) is 1.02. The third-order valence-corrected chi connectivity index (χ3v) is 8.35. The quantitative estimate of drug-likeness (QED) is 0.301. The van der Waals surface area contributed by atoms with Crippen LogP contribution in [0.1, 0.15) is 30.9 Å². The molecule has 0 radical (unpaired) electrons. The molecule has 0 spiro atoms. The fourth-order valence-electron chi connectivity index (χ4n) is 4.02. The van der Waals surface area contributed by atoms with E-state index in [1.54, 1.807) is 12.1 Å². The average molecular weight is 574 g/mol. The largest absolute Gasteiger partial charge is 0.354 e. The van der Waals surface area contributed by atoms with Crippen molar-refractivity contribution in [2.75, 3.05) is 20.1 Å². The van der Waals surface area contributed by atoms with Crippen LogP contribution in [0.4, 0.5) is 4.39 Å². The standard InChI is InChI=1S/C29H33ClFN3O4S/c1-3-4-18-32-29(36)27(19-22-10-6-5-7-11-22)34(20-23-12-8-9-13-26(23)31)28(35)21-33(2)39(37,38)25-16-14-24(30)15-17-25/h5-17,27H,3-4,18-21H2,1-2H3,(H,32,36)/t27-/m1/s1. The van der Waals surface area contributed by atoms with E-state index >= 15 is 0 Å². The van der Waals surface area contributed by atoms with E-state index in [-0.39, 0.29) is 29.3 Å². The zero-order valence-electron chi connectivity index (χ0n) is 22.0. The van der Waals surface area contributed by atoms with Gasteiger partial charge in [-0.25, -0.2) is 12.8 Å². The van der Waals surface area contributed by atoms with Gasteiger partial charge < -0.3 is 10.2 Å². The predicted molar refractivity (Wildman–Crippen MR) is 150 cm³/mol. The Balaban J connectivity index is 1.96. The smallest absolute Gasteiger partial charge is 0.243 e. The molecule has 10 heteroatoms. The molecule has 0 fully saturated rings. The number of nitrogens with one attached hydrogen (secondary N) is 1. The Morgan fingerprint density at radius 3 is 2.26 bits per heavy atom. The molecule has 0 aliphatic heterocycles. The second-order valence-corrected chi connectivity index (χ2v) is 11.7. The summed E-state index contributed by atoms with van der Waals surface area (Å²) in [4.78, 5) is 28.4. The van der Waals surface area contributed by atoms with Crippen molar-refractivity contribution >= 4 is 33.4 Å². The second-order valence-electron chi connectivity index (χ2n) is 9.18. The molecule has 1 atom stereocenters. The van der Waals surface area contributed by atoms with E-state index in [1.807, 2.05) is 37.3 Å². The number of nitrogens with zero attached hydrogens (tertiary/aromatic N) is 2. The molecule has 39 heavy (non-hydrogen) atoms. The van der Waals surface area contributed by atoms with E-state index in [0.29, 0.717) is 11.6 Å². The van der Waals surface area contributed by atoms with Crippen molar-refractivity contribution in [2.45, 2.75) is 43.7 Å². The monoisotopic (exact) mass is 573 g/mol. The first-order valence-corrected chi connectivity index (χ1v) is 14.5. The topological polar surface area (TPSA) is 86.8 Å². The molecule has 0 unspecified atom stereocenters. The van der Waals surface area contributed by atoms with Gasteiger partial charge in [0.05, 0.1) is 11.4 Å². The summed E-state index contributed by atoms with van der Waals surface area (Å²) in [6.45, 7) is 1.66. The molecule has 3 aromatic carbocycles. The average Bonchev–Trinajstić information content (AvgIpc) is 2.92. The Morgan fingerprint density at radius 1 is 0.974 bits per heavy atom. The van der Waals surface area contributed by atoms with Crippen molar-refractivity contribution in [1.82, 2.24) is 14.5 Å². The van der Waals surface area contributed by atoms with Gasteiger partial charge in [-0.1, -0.05) is 73.5 Å². The maximum Gasteiger partial charge on any atom is 0.243 e. The minimum absolute atomic E-state index is 0.0269. The highest BCUT2D eigenvalue weighted by atomic mass is 35.5. The zero-order valence-corrected chi connectivity index (χ0v) is 23.6. The molecule has 3 rings (SSSR count). The van der Waals surface area contributed by atoms with Crippen LogP contribution < -0.4 is 5.32 Å². The molecule has 3 aromatic rings. The van der Waals surface area contributed by atoms with E-state index in [9.17, 15) is 22.4 Å². The van der Waals surface area contributed by atoms with Gasteiger partial charge in [-0.05, 0) is 42.3 Å². The van der Waals surface area contributed by atoms with Crippen LogP contribution in [0.25, 0.3) is 0 Å². The van der Waals surface area contributed by atoms with Crippen LogP contribution in [-0.4, -0.2) is 55.6 Å². The van der Waals surface area contributed by atoms with Gasteiger partial charge in [0, 0.05) is 37.1 Å². The van der Waals surface area contributed by atoms with Gasteiger partial charge in [-0.2, -0.15) is 4.31 Å². The van der Waals surface area contributed by atoms with Crippen molar-refractivity contribution < 1.29 is 22.4 Å². The maximum absolute atomic E-state index is 14.7. The van der Waals surface area contributed by atoms with Crippen molar-refractivity contribution in [1.29, 1.82) is 0 Å². The van der Waals surface area contributed by atoms with Crippen molar-refractivity contribution in [3.8, 4) is 0 Å². The minimum Gasteiger partial charge on any atom is -0.354 e. The van der Waals surface area contributed by atoms with Crippen molar-refractivity contribution in [3.63, 3.8) is 0 Å². The molecule has 0 saturated heterocycles. The summed E-state index contributed by atoms with van der Waals surface area (Å²) in [5, 5.41) is 3.26. The summed E-state index contributed by atoms with van der Waals surface area (Å²) in [6, 6.07) is 19.8. The lowest BCUT2D eigenvalue weighted by atomic mass is 10.0. The number of unbranched alkanes of at least 4 members (excludes halogenated alkanes) is 1. The Labute approximate surface area is 234 Å². The van der Waals surface area contributed by atoms with Crippen LogP contribution >= 0.6 is 11.6 Å². The molecule has 7 nitrogen and oxygen atoms in total. The Morgan fingerprint density at radius 2 is 1.62 bits per heavy atom. The van der Waals surface area contributed by atoms with Gasteiger partial charge in [-0.3, -0.25) is 9.59 Å². The van der Waals surface area contributed by atoms with Gasteiger partial charge >= 0.3 is 0 Å². The number of benzene rings is 3. The number of carbonyl (C=O) groups is 2. The fourth-order valence-corrected chi connectivity index (χ4v) is 5.27. The molecule has 0 aromatic heterocycles. The summed E-state index contributed by atoms with van der Waals surface area (Å²) in [5.74, 6) is -1.55. The van der Waals surface area contributed by atoms with Gasteiger partial charge in [0.1, 0.15) is 11.9 Å². The number of sulfonamides is 1. The predicted octanol–water partition coefficient (Wildman–Crippen LogP) is 4.66. The summed E-state index contributed by atoms with van der Waals surface area (Å²) < 4.78 is 41.9. The second kappa shape index (κ2) is 14.2. The summed E-state index contributed by atoms with van der Waals surface area (Å²) >= 11 is 5.90. The van der Waals surface area contributed by atoms with Gasteiger partial charge in [0.15, 0.2) is 0 Å². The number of hydrogen-bond donors (Lipinski definition) is 1. The highest BCUT2D eigenvalue weighted by molar-refractivity contribution is 7.89. The van der Waals surface area contributed by atoms with E-state index in [4.69, 9.17) is 11.6 Å². The van der Waals surface area contributed by atoms with Crippen LogP contribution in [0.3, 0.4) is 0 Å². The lowest BCUT2D eigenvalue weighted by Crippen LogP contribution is -2.53. The molecule has 2 amide bonds. The lowest BCUT2D eigenvalue weighted by Gasteiger charge is -2.32. The fraction of sp³-hybridized carbons (Fsp3) is 0.310. The number of carbonyl (C=O) groups excluding carboxylic acids is 2. The van der Waals surface area contributed by atoms with Crippen molar-refractivity contribution in [3.05, 3.63) is 101 Å². The Kier molecular flexibility index (Phi) is 11.0. The van der Waals surface area contributed by atoms with E-state index in [1.165, 1.54) is 48.3 Å². The van der Waals surface area contributed by atoms with E-state index < -0.39 is 34.3 Å². The molecule has 0 heterocycles. The third kappa shape index (κ3) is 8.36. The van der Waals surface area contributed by atoms with Crippen LogP contribution in [-0.2, 0) is 32.6 Å². The number of hydrogen-bond acceptors (Lipinski definition) is 4. The number of halogens is 2. The lowest BCUT2D eigenvalue weighted by molar-refractivity contribution is -0.141. The number of amides is 2. The van der Waals surface area contributed by atoms with Crippen LogP contribution in [0.15, 0.2) is 83.8 Å². The normalized spacial score (nSPS) is 12.2. The summed E-state index contributed by atoms with van der Waals surface area (Å²) in [6.07, 6.45) is 1.80. The third-order valence-electron chi connectivity index (χ3n) is 6.28. The molecule has 1 N–H and O–H groups in total. The molecule has 0 bridgehead atoms. The number of likely N-dealkylation sites (N-methyl/N-ethyl adjacent to an activating group) is 1. The van der Waals surface area contributed by atoms with Crippen LogP contribution in [0.5, 0.6) is 0 Å². The van der Waals surface area contributed by atoms with Crippen molar-refractivity contribution in [2.24, 2.45) is 0 Å². The molecule has 208 valence electrons. The van der Waals surface area contributed by atoms with Crippen LogP contribution in [0, 0.1) is 5.82 Å². The molecular weight excluding hydrogens is 541 g/mol. The highest BCUT2D eigenvalue weighted by Crippen LogP contribution is 2.20. The summed E-state index contributed by atoms with van der Waals surface area (Å²) in [7, 11) is -2.75. The Bertz CT molecular complexity index is 1350. The highest BCUT2D eigenvalue weighted by Gasteiger charge is 2.33. The Hall–Kier alpha value is -3.27. The molecule has 0 aliphatic rings. The zero-order chi connectivity index (χ0) is 28.4. The molecular formula is C29H33ClFN3O4S. The number of rotatable bonds is 13. The van der Waals surface area contributed by atoms with Gasteiger partial charge in [0.25, 0.3) is 0 Å². The minimum atomic E-state index is -4.04. The first kappa shape index (κ1) is 30.3. The molecule has 0 aliphatic carbocycles. The maximum atomic E-state index is 14.7. The molecule has 0 saturated carbocycles. The first-order chi connectivity index (χ1) is 18.6. The van der Waals surface area contributed by atoms with Gasteiger partial charge in [-0.15, -0.1) is 0 Å².